The normalized spacial score (nSPS) is 14.5. The van der Waals surface area contributed by atoms with Crippen LogP contribution in [0.5, 0.6) is 0 Å². The molecule has 0 aliphatic heterocycles. The number of hydrogen-bond donors (Lipinski definition) is 0. The molecule has 0 saturated heterocycles. The van der Waals surface area contributed by atoms with Crippen LogP contribution in [-0.4, -0.2) is 29.9 Å². The first-order valence-corrected chi connectivity index (χ1v) is 7.66. The van der Waals surface area contributed by atoms with E-state index in [9.17, 15) is 9.59 Å². The van der Waals surface area contributed by atoms with Crippen LogP contribution < -0.4 is 5.56 Å². The first-order chi connectivity index (χ1) is 10.2. The van der Waals surface area contributed by atoms with Crippen LogP contribution in [0.25, 0.3) is 0 Å². The van der Waals surface area contributed by atoms with Gasteiger partial charge in [0.1, 0.15) is 0 Å². The van der Waals surface area contributed by atoms with E-state index >= 15 is 0 Å². The summed E-state index contributed by atoms with van der Waals surface area (Å²) in [5.41, 5.74) is 1.51. The summed E-state index contributed by atoms with van der Waals surface area (Å²) in [5, 5.41) is 0. The van der Waals surface area contributed by atoms with Gasteiger partial charge in [0.2, 0.25) is 0 Å². The predicted octanol–water partition coefficient (Wildman–Crippen LogP) is 2.16. The third kappa shape index (κ3) is 3.80. The highest BCUT2D eigenvalue weighted by molar-refractivity contribution is 5.97. The van der Waals surface area contributed by atoms with Crippen LogP contribution >= 0.6 is 0 Å². The van der Waals surface area contributed by atoms with Crippen molar-refractivity contribution in [2.45, 2.75) is 52.4 Å². The number of carbonyl (C=O) groups excluding carboxylic acids is 1. The van der Waals surface area contributed by atoms with Crippen LogP contribution in [0.2, 0.25) is 0 Å². The van der Waals surface area contributed by atoms with E-state index in [1.807, 2.05) is 13.8 Å². The molecule has 0 N–H and O–H groups in total. The van der Waals surface area contributed by atoms with Gasteiger partial charge in [-0.05, 0) is 32.8 Å². The zero-order valence-electron chi connectivity index (χ0n) is 12.8. The molecule has 21 heavy (non-hydrogen) atoms. The highest BCUT2D eigenvalue weighted by atomic mass is 16.7. The molecule has 0 saturated carbocycles. The maximum atomic E-state index is 12.1. The molecular weight excluding hydrogens is 270 g/mol. The van der Waals surface area contributed by atoms with Crippen LogP contribution in [0, 0.1) is 0 Å². The lowest BCUT2D eigenvalue weighted by molar-refractivity contribution is -0.141. The maximum Gasteiger partial charge on any atom is 0.250 e. The van der Waals surface area contributed by atoms with Crippen molar-refractivity contribution < 1.29 is 14.3 Å². The van der Waals surface area contributed by atoms with E-state index in [-0.39, 0.29) is 17.6 Å². The van der Waals surface area contributed by atoms with Crippen molar-refractivity contribution in [3.05, 3.63) is 33.7 Å². The molecule has 1 aromatic rings. The Labute approximate surface area is 124 Å². The zero-order valence-corrected chi connectivity index (χ0v) is 12.8. The lowest BCUT2D eigenvalue weighted by Crippen LogP contribution is -2.30. The molecular formula is C16H23NO4. The van der Waals surface area contributed by atoms with E-state index in [1.54, 1.807) is 10.6 Å². The Balaban J connectivity index is 2.17. The van der Waals surface area contributed by atoms with Crippen LogP contribution in [0.4, 0.5) is 0 Å². The molecule has 0 radical (unpaired) electrons. The number of ether oxygens (including phenoxy) is 2. The summed E-state index contributed by atoms with van der Waals surface area (Å²) in [6, 6.07) is 3.15. The number of pyridine rings is 1. The molecule has 0 atom stereocenters. The average Bonchev–Trinajstić information content (AvgIpc) is 2.47. The van der Waals surface area contributed by atoms with Gasteiger partial charge in [0.15, 0.2) is 12.1 Å². The van der Waals surface area contributed by atoms with Crippen molar-refractivity contribution in [3.8, 4) is 0 Å². The third-order valence-electron chi connectivity index (χ3n) is 3.71. The summed E-state index contributed by atoms with van der Waals surface area (Å²) >= 11 is 0. The number of fused-ring (bicyclic) bond motifs is 1. The first-order valence-electron chi connectivity index (χ1n) is 7.66. The molecule has 116 valence electrons. The van der Waals surface area contributed by atoms with E-state index in [0.717, 1.165) is 18.5 Å². The predicted molar refractivity (Wildman–Crippen MR) is 79.6 cm³/mol. The van der Waals surface area contributed by atoms with Gasteiger partial charge in [-0.3, -0.25) is 9.59 Å². The molecule has 2 rings (SSSR count). The van der Waals surface area contributed by atoms with Gasteiger partial charge in [0.05, 0.1) is 0 Å². The van der Waals surface area contributed by atoms with Gasteiger partial charge >= 0.3 is 0 Å². The summed E-state index contributed by atoms with van der Waals surface area (Å²) in [7, 11) is 0. The summed E-state index contributed by atoms with van der Waals surface area (Å²) in [4.78, 5) is 24.0. The van der Waals surface area contributed by atoms with Gasteiger partial charge in [0.25, 0.3) is 5.56 Å². The van der Waals surface area contributed by atoms with E-state index in [4.69, 9.17) is 9.47 Å². The van der Waals surface area contributed by atoms with Crippen LogP contribution in [-0.2, 0) is 22.4 Å². The van der Waals surface area contributed by atoms with Crippen molar-refractivity contribution in [2.75, 3.05) is 13.2 Å². The van der Waals surface area contributed by atoms with Gasteiger partial charge in [0, 0.05) is 49.9 Å². The van der Waals surface area contributed by atoms with Crippen LogP contribution in [0.1, 0.15) is 49.2 Å². The molecule has 5 heteroatoms. The second-order valence-corrected chi connectivity index (χ2v) is 5.09. The Morgan fingerprint density at radius 1 is 1.14 bits per heavy atom. The Hall–Kier alpha value is -1.46. The van der Waals surface area contributed by atoms with Crippen molar-refractivity contribution in [1.82, 2.24) is 4.57 Å². The van der Waals surface area contributed by atoms with Gasteiger partial charge in [-0.1, -0.05) is 0 Å². The summed E-state index contributed by atoms with van der Waals surface area (Å²) in [5.74, 6) is 0.135. The zero-order chi connectivity index (χ0) is 15.2. The van der Waals surface area contributed by atoms with E-state index in [2.05, 4.69) is 0 Å². The molecule has 0 fully saturated rings. The Kier molecular flexibility index (Phi) is 5.70. The van der Waals surface area contributed by atoms with Gasteiger partial charge in [-0.25, -0.2) is 0 Å². The molecule has 1 aliphatic rings. The minimum Gasteiger partial charge on any atom is -0.353 e. The van der Waals surface area contributed by atoms with Crippen molar-refractivity contribution in [1.29, 1.82) is 0 Å². The molecule has 0 aromatic carbocycles. The molecule has 0 bridgehead atoms. The van der Waals surface area contributed by atoms with Gasteiger partial charge < -0.3 is 14.0 Å². The number of Topliss-reactive ketones (excluding diaryl/α,β-unsaturated/α-hetero) is 1. The fourth-order valence-corrected chi connectivity index (χ4v) is 2.76. The van der Waals surface area contributed by atoms with Crippen LogP contribution in [0.3, 0.4) is 0 Å². The van der Waals surface area contributed by atoms with Gasteiger partial charge in [-0.15, -0.1) is 0 Å². The Morgan fingerprint density at radius 2 is 1.86 bits per heavy atom. The highest BCUT2D eigenvalue weighted by Gasteiger charge is 2.21. The lowest BCUT2D eigenvalue weighted by Gasteiger charge is -2.22. The van der Waals surface area contributed by atoms with E-state index in [0.29, 0.717) is 38.2 Å². The summed E-state index contributed by atoms with van der Waals surface area (Å²) < 4.78 is 12.7. The van der Waals surface area contributed by atoms with Crippen molar-refractivity contribution in [2.24, 2.45) is 0 Å². The number of ketones is 1. The molecule has 1 aliphatic carbocycles. The number of carbonyl (C=O) groups is 1. The molecule has 5 nitrogen and oxygen atoms in total. The smallest absolute Gasteiger partial charge is 0.250 e. The van der Waals surface area contributed by atoms with E-state index in [1.165, 1.54) is 6.07 Å². The van der Waals surface area contributed by atoms with Crippen molar-refractivity contribution in [3.63, 3.8) is 0 Å². The second kappa shape index (κ2) is 7.52. The number of rotatable bonds is 7. The standard InChI is InChI=1S/C16H23NO4/c1-3-20-16(21-4-2)10-11-17-13-6-5-7-14(18)12(13)8-9-15(17)19/h8-9,16H,3-7,10-11H2,1-2H3. The van der Waals surface area contributed by atoms with Gasteiger partial charge in [-0.2, -0.15) is 0 Å². The quantitative estimate of drug-likeness (QED) is 0.723. The highest BCUT2D eigenvalue weighted by Crippen LogP contribution is 2.20. The van der Waals surface area contributed by atoms with E-state index < -0.39 is 0 Å². The Morgan fingerprint density at radius 3 is 2.52 bits per heavy atom. The molecule has 1 aromatic heterocycles. The number of aromatic nitrogens is 1. The molecule has 0 amide bonds. The minimum absolute atomic E-state index is 0.0600. The molecule has 1 heterocycles. The summed E-state index contributed by atoms with van der Waals surface area (Å²) in [6.45, 7) is 5.50. The number of hydrogen-bond acceptors (Lipinski definition) is 4. The van der Waals surface area contributed by atoms with Crippen LogP contribution in [0.15, 0.2) is 16.9 Å². The first kappa shape index (κ1) is 15.9. The lowest BCUT2D eigenvalue weighted by atomic mass is 9.94. The Bertz CT molecular complexity index is 544. The summed E-state index contributed by atoms with van der Waals surface area (Å²) in [6.07, 6.45) is 2.47. The average molecular weight is 293 g/mol. The third-order valence-corrected chi connectivity index (χ3v) is 3.71. The van der Waals surface area contributed by atoms with Crippen molar-refractivity contribution >= 4 is 5.78 Å². The topological polar surface area (TPSA) is 57.5 Å². The SMILES string of the molecule is CCOC(CCn1c2c(ccc1=O)C(=O)CCC2)OCC. The molecule has 0 spiro atoms. The largest absolute Gasteiger partial charge is 0.353 e. The minimum atomic E-state index is -0.304. The molecule has 0 unspecified atom stereocenters. The monoisotopic (exact) mass is 293 g/mol. The fourth-order valence-electron chi connectivity index (χ4n) is 2.76. The second-order valence-electron chi connectivity index (χ2n) is 5.09. The maximum absolute atomic E-state index is 12.1. The fraction of sp³-hybridized carbons (Fsp3) is 0.625. The number of nitrogens with zero attached hydrogens (tertiary/aromatic N) is 1.